The Kier molecular flexibility index (Phi) is 7.86. The molecule has 0 bridgehead atoms. The first-order valence-corrected chi connectivity index (χ1v) is 11.8. The van der Waals surface area contributed by atoms with Crippen molar-refractivity contribution in [2.24, 2.45) is 11.8 Å². The molecule has 0 saturated heterocycles. The number of hydrogen-bond donors (Lipinski definition) is 1. The first-order chi connectivity index (χ1) is 15.7. The van der Waals surface area contributed by atoms with Crippen LogP contribution in [0.3, 0.4) is 0 Å². The molecule has 1 aromatic heterocycles. The van der Waals surface area contributed by atoms with Gasteiger partial charge in [0.15, 0.2) is 5.16 Å². The molecule has 0 atom stereocenters. The minimum Gasteiger partial charge on any atom is -0.352 e. The van der Waals surface area contributed by atoms with Crippen molar-refractivity contribution in [2.75, 3.05) is 6.54 Å². The molecular formula is C24H28N4O4S. The number of aromatic nitrogens is 2. The molecule has 2 aromatic carbocycles. The summed E-state index contributed by atoms with van der Waals surface area (Å²) >= 11 is 1.40. The van der Waals surface area contributed by atoms with Gasteiger partial charge in [0, 0.05) is 36.5 Å². The Morgan fingerprint density at radius 2 is 1.82 bits per heavy atom. The lowest BCUT2D eigenvalue weighted by Crippen LogP contribution is -2.28. The minimum absolute atomic E-state index is 0.0348. The third-order valence-electron chi connectivity index (χ3n) is 4.92. The van der Waals surface area contributed by atoms with E-state index in [1.54, 1.807) is 34.9 Å². The van der Waals surface area contributed by atoms with Crippen molar-refractivity contribution in [3.05, 3.63) is 74.1 Å². The summed E-state index contributed by atoms with van der Waals surface area (Å²) in [5.41, 5.74) is 1.71. The van der Waals surface area contributed by atoms with E-state index in [0.29, 0.717) is 46.4 Å². The smallest absolute Gasteiger partial charge is 0.269 e. The van der Waals surface area contributed by atoms with E-state index in [2.05, 4.69) is 5.32 Å². The number of thioether (sulfide) groups is 1. The number of fused-ring (bicyclic) bond motifs is 1. The van der Waals surface area contributed by atoms with Crippen molar-refractivity contribution in [3.63, 3.8) is 0 Å². The van der Waals surface area contributed by atoms with Crippen LogP contribution in [0.25, 0.3) is 10.9 Å². The van der Waals surface area contributed by atoms with Crippen LogP contribution in [0.1, 0.15) is 43.6 Å². The van der Waals surface area contributed by atoms with Crippen LogP contribution < -0.4 is 10.9 Å². The van der Waals surface area contributed by atoms with E-state index < -0.39 is 4.92 Å². The summed E-state index contributed by atoms with van der Waals surface area (Å²) in [7, 11) is 0. The van der Waals surface area contributed by atoms with Gasteiger partial charge in [-0.3, -0.25) is 24.3 Å². The number of rotatable bonds is 9. The van der Waals surface area contributed by atoms with Gasteiger partial charge in [-0.25, -0.2) is 4.98 Å². The lowest BCUT2D eigenvalue weighted by atomic mass is 10.1. The van der Waals surface area contributed by atoms with Gasteiger partial charge in [0.25, 0.3) is 17.2 Å². The van der Waals surface area contributed by atoms with Gasteiger partial charge >= 0.3 is 0 Å². The Morgan fingerprint density at radius 1 is 1.12 bits per heavy atom. The first-order valence-electron chi connectivity index (χ1n) is 10.8. The Morgan fingerprint density at radius 3 is 2.42 bits per heavy atom. The molecule has 0 saturated carbocycles. The van der Waals surface area contributed by atoms with Gasteiger partial charge in [-0.2, -0.15) is 0 Å². The van der Waals surface area contributed by atoms with Crippen molar-refractivity contribution in [1.82, 2.24) is 14.9 Å². The molecule has 3 aromatic rings. The zero-order chi connectivity index (χ0) is 24.1. The van der Waals surface area contributed by atoms with Crippen LogP contribution in [0.2, 0.25) is 0 Å². The summed E-state index contributed by atoms with van der Waals surface area (Å²) in [5, 5.41) is 14.8. The van der Waals surface area contributed by atoms with Crippen LogP contribution in [0, 0.1) is 22.0 Å². The number of non-ortho nitro benzene ring substituents is 1. The molecule has 0 aliphatic heterocycles. The van der Waals surface area contributed by atoms with E-state index in [0.717, 1.165) is 5.56 Å². The van der Waals surface area contributed by atoms with Gasteiger partial charge in [0.2, 0.25) is 0 Å². The third kappa shape index (κ3) is 6.19. The molecule has 0 aliphatic rings. The lowest BCUT2D eigenvalue weighted by molar-refractivity contribution is -0.384. The van der Waals surface area contributed by atoms with Crippen LogP contribution in [0.5, 0.6) is 0 Å². The topological polar surface area (TPSA) is 107 Å². The highest BCUT2D eigenvalue weighted by atomic mass is 32.2. The quantitative estimate of drug-likeness (QED) is 0.212. The van der Waals surface area contributed by atoms with Gasteiger partial charge in [0.1, 0.15) is 0 Å². The Hall–Kier alpha value is -3.20. The van der Waals surface area contributed by atoms with E-state index in [1.165, 1.54) is 23.9 Å². The van der Waals surface area contributed by atoms with E-state index in [4.69, 9.17) is 4.98 Å². The number of nitrogens with one attached hydrogen (secondary N) is 1. The summed E-state index contributed by atoms with van der Waals surface area (Å²) in [6, 6.07) is 11.3. The molecule has 0 aliphatic carbocycles. The van der Waals surface area contributed by atoms with E-state index in [-0.39, 0.29) is 23.1 Å². The van der Waals surface area contributed by atoms with Crippen LogP contribution in [-0.4, -0.2) is 26.9 Å². The number of nitrogens with zero attached hydrogens (tertiary/aromatic N) is 3. The molecule has 1 heterocycles. The largest absolute Gasteiger partial charge is 0.352 e. The Labute approximate surface area is 196 Å². The number of carbonyl (C=O) groups excluding carboxylic acids is 1. The van der Waals surface area contributed by atoms with Crippen molar-refractivity contribution >= 4 is 34.3 Å². The molecule has 1 N–H and O–H groups in total. The van der Waals surface area contributed by atoms with Gasteiger partial charge in [-0.15, -0.1) is 0 Å². The molecule has 174 valence electrons. The molecular weight excluding hydrogens is 440 g/mol. The summed E-state index contributed by atoms with van der Waals surface area (Å²) in [6.07, 6.45) is 0. The number of benzene rings is 2. The Balaban J connectivity index is 1.95. The average molecular weight is 469 g/mol. The third-order valence-corrected chi connectivity index (χ3v) is 5.96. The highest BCUT2D eigenvalue weighted by Gasteiger charge is 2.16. The molecule has 0 unspecified atom stereocenters. The molecule has 0 fully saturated rings. The van der Waals surface area contributed by atoms with Gasteiger partial charge < -0.3 is 5.32 Å². The van der Waals surface area contributed by atoms with Crippen LogP contribution in [0.4, 0.5) is 5.69 Å². The minimum atomic E-state index is -0.434. The van der Waals surface area contributed by atoms with E-state index in [9.17, 15) is 19.7 Å². The van der Waals surface area contributed by atoms with Crippen molar-refractivity contribution < 1.29 is 9.72 Å². The zero-order valence-corrected chi connectivity index (χ0v) is 20.0. The number of nitro benzene ring substituents is 1. The molecule has 0 spiro atoms. The van der Waals surface area contributed by atoms with Crippen molar-refractivity contribution in [2.45, 2.75) is 45.1 Å². The molecule has 9 heteroatoms. The molecule has 1 amide bonds. The molecule has 3 rings (SSSR count). The molecule has 33 heavy (non-hydrogen) atoms. The zero-order valence-electron chi connectivity index (χ0n) is 19.2. The first kappa shape index (κ1) is 24.4. The summed E-state index contributed by atoms with van der Waals surface area (Å²) in [5.74, 6) is 0.876. The molecule has 8 nitrogen and oxygen atoms in total. The van der Waals surface area contributed by atoms with Crippen molar-refractivity contribution in [3.8, 4) is 0 Å². The van der Waals surface area contributed by atoms with Crippen molar-refractivity contribution in [1.29, 1.82) is 0 Å². The summed E-state index contributed by atoms with van der Waals surface area (Å²) in [6.45, 7) is 9.19. The second kappa shape index (κ2) is 10.6. The summed E-state index contributed by atoms with van der Waals surface area (Å²) < 4.78 is 1.67. The fraction of sp³-hybridized carbons (Fsp3) is 0.375. The van der Waals surface area contributed by atoms with Crippen LogP contribution in [0.15, 0.2) is 52.4 Å². The van der Waals surface area contributed by atoms with E-state index in [1.807, 2.05) is 27.7 Å². The van der Waals surface area contributed by atoms with Crippen LogP contribution >= 0.6 is 11.8 Å². The fourth-order valence-electron chi connectivity index (χ4n) is 3.24. The predicted molar refractivity (Wildman–Crippen MR) is 131 cm³/mol. The maximum Gasteiger partial charge on any atom is 0.269 e. The maximum absolute atomic E-state index is 13.2. The standard InChI is InChI=1S/C24H28N4O4S/c1-15(2)12-25-22(29)18-7-10-20-21(11-18)26-24(27(23(20)30)13-16(3)4)33-14-17-5-8-19(9-6-17)28(31)32/h5-11,15-16H,12-14H2,1-4H3,(H,25,29). The number of amides is 1. The highest BCUT2D eigenvalue weighted by Crippen LogP contribution is 2.24. The van der Waals surface area contributed by atoms with Gasteiger partial charge in [-0.05, 0) is 35.6 Å². The average Bonchev–Trinajstić information content (AvgIpc) is 2.77. The van der Waals surface area contributed by atoms with Gasteiger partial charge in [-0.1, -0.05) is 51.6 Å². The molecule has 0 radical (unpaired) electrons. The summed E-state index contributed by atoms with van der Waals surface area (Å²) in [4.78, 5) is 40.9. The van der Waals surface area contributed by atoms with E-state index >= 15 is 0 Å². The monoisotopic (exact) mass is 468 g/mol. The Bertz CT molecular complexity index is 1220. The fourth-order valence-corrected chi connectivity index (χ4v) is 4.20. The number of nitro groups is 1. The number of carbonyl (C=O) groups is 1. The lowest BCUT2D eigenvalue weighted by Gasteiger charge is -2.15. The van der Waals surface area contributed by atoms with Crippen LogP contribution in [-0.2, 0) is 12.3 Å². The maximum atomic E-state index is 13.2. The number of hydrogen-bond acceptors (Lipinski definition) is 6. The highest BCUT2D eigenvalue weighted by molar-refractivity contribution is 7.98. The predicted octanol–water partition coefficient (Wildman–Crippen LogP) is 4.64. The normalized spacial score (nSPS) is 11.3. The second-order valence-corrected chi connectivity index (χ2v) is 9.69. The van der Waals surface area contributed by atoms with Gasteiger partial charge in [0.05, 0.1) is 15.8 Å². The second-order valence-electron chi connectivity index (χ2n) is 8.75. The SMILES string of the molecule is CC(C)CNC(=O)c1ccc2c(=O)n(CC(C)C)c(SCc3ccc([N+](=O)[O-])cc3)nc2c1.